The maximum atomic E-state index is 3.83. The molecule has 0 bridgehead atoms. The third-order valence-corrected chi connectivity index (χ3v) is 5.60. The third kappa shape index (κ3) is 3.31. The molecule has 1 unspecified atom stereocenters. The molecule has 2 rings (SSSR count). The van der Waals surface area contributed by atoms with Crippen LogP contribution in [0.2, 0.25) is 3.67 Å². The molecule has 0 radical (unpaired) electrons. The van der Waals surface area contributed by atoms with Crippen LogP contribution < -0.4 is 24.8 Å². The molecule has 0 aromatic rings. The molecule has 0 aliphatic heterocycles. The summed E-state index contributed by atoms with van der Waals surface area (Å²) >= 11 is 1.30. The monoisotopic (exact) mass is 409 g/mol. The quantitative estimate of drug-likeness (QED) is 0.357. The van der Waals surface area contributed by atoms with Gasteiger partial charge < -0.3 is 24.8 Å². The van der Waals surface area contributed by atoms with Crippen molar-refractivity contribution in [2.45, 2.75) is 35.8 Å². The zero-order chi connectivity index (χ0) is 9.26. The fourth-order valence-electron chi connectivity index (χ4n) is 2.32. The average Bonchev–Trinajstić information content (AvgIpc) is 2.46. The number of rotatable bonds is 2. The van der Waals surface area contributed by atoms with Crippen molar-refractivity contribution in [3.8, 4) is 0 Å². The molecule has 2 aliphatic rings. The Kier molecular flexibility index (Phi) is 7.40. The molecule has 81 valence electrons. The standard InChI is InChI=1S/C12H15.2ClH.Hf/c1-2-5-10-8-11-6-3-4-7-12(11)9-10;;;/h2,8-9H,1,3-7H2;2*1H;/q;;;+2/p-2. The van der Waals surface area contributed by atoms with E-state index in [-0.39, 0.29) is 24.8 Å². The molecule has 0 nitrogen and oxygen atoms in total. The van der Waals surface area contributed by atoms with Gasteiger partial charge in [0.15, 0.2) is 0 Å². The fourth-order valence-corrected chi connectivity index (χ4v) is 4.23. The minimum absolute atomic E-state index is 0. The van der Waals surface area contributed by atoms with Crippen LogP contribution in [0.5, 0.6) is 0 Å². The summed E-state index contributed by atoms with van der Waals surface area (Å²) < 4.78 is 0.855. The van der Waals surface area contributed by atoms with Gasteiger partial charge in [-0.2, -0.15) is 0 Å². The van der Waals surface area contributed by atoms with E-state index in [1.54, 1.807) is 16.7 Å². The van der Waals surface area contributed by atoms with Crippen molar-refractivity contribution in [2.24, 2.45) is 0 Å². The van der Waals surface area contributed by atoms with Crippen molar-refractivity contribution in [3.05, 3.63) is 35.5 Å². The third-order valence-electron chi connectivity index (χ3n) is 3.01. The molecule has 0 saturated carbocycles. The molecule has 0 saturated heterocycles. The molecule has 15 heavy (non-hydrogen) atoms. The second-order valence-corrected chi connectivity index (χ2v) is 5.98. The van der Waals surface area contributed by atoms with Gasteiger partial charge in [-0.15, -0.1) is 0 Å². The normalized spacial score (nSPS) is 23.6. The van der Waals surface area contributed by atoms with Crippen LogP contribution in [0.3, 0.4) is 0 Å². The first-order valence-electron chi connectivity index (χ1n) is 5.07. The fraction of sp³-hybridized carbons (Fsp3) is 0.500. The molecule has 1 atom stereocenters. The maximum absolute atomic E-state index is 3.83. The Morgan fingerprint density at radius 3 is 2.60 bits per heavy atom. The number of allylic oxidation sites excluding steroid dienone is 5. The van der Waals surface area contributed by atoms with Crippen molar-refractivity contribution in [1.29, 1.82) is 0 Å². The second-order valence-electron chi connectivity index (χ2n) is 3.90. The van der Waals surface area contributed by atoms with Gasteiger partial charge in [0.1, 0.15) is 0 Å². The van der Waals surface area contributed by atoms with E-state index < -0.39 is 0 Å². The van der Waals surface area contributed by atoms with Crippen LogP contribution >= 0.6 is 0 Å². The van der Waals surface area contributed by atoms with E-state index in [2.05, 4.69) is 18.7 Å². The summed E-state index contributed by atoms with van der Waals surface area (Å²) in [6, 6.07) is 0. The number of hydrogen-bond donors (Lipinski definition) is 0. The van der Waals surface area contributed by atoms with Gasteiger partial charge in [0.2, 0.25) is 0 Å². The Labute approximate surface area is 120 Å². The number of halogens is 2. The summed E-state index contributed by atoms with van der Waals surface area (Å²) in [7, 11) is 0. The average molecular weight is 409 g/mol. The SMILES string of the molecule is C=CCC1=CC2=C(CCCC2)[CH]1[Hf+2].[Cl-].[Cl-]. The van der Waals surface area contributed by atoms with E-state index in [9.17, 15) is 0 Å². The van der Waals surface area contributed by atoms with Crippen molar-refractivity contribution in [1.82, 2.24) is 0 Å². The molecule has 3 heteroatoms. The van der Waals surface area contributed by atoms with E-state index in [1.165, 1.54) is 50.1 Å². The molecule has 0 spiro atoms. The molecule has 0 heterocycles. The summed E-state index contributed by atoms with van der Waals surface area (Å²) in [5.41, 5.74) is 5.12. The van der Waals surface area contributed by atoms with Crippen LogP contribution in [0, 0.1) is 0 Å². The molecular formula is C12H15Cl2Hf. The molecular weight excluding hydrogens is 394 g/mol. The van der Waals surface area contributed by atoms with Crippen molar-refractivity contribution < 1.29 is 49.2 Å². The van der Waals surface area contributed by atoms with Gasteiger partial charge in [-0.1, -0.05) is 0 Å². The minimum atomic E-state index is 0. The van der Waals surface area contributed by atoms with Gasteiger partial charge in [-0.25, -0.2) is 0 Å². The first kappa shape index (κ1) is 15.7. The maximum Gasteiger partial charge on any atom is -1.00 e. The largest absolute Gasteiger partial charge is 1.00 e. The van der Waals surface area contributed by atoms with Crippen LogP contribution in [0.15, 0.2) is 35.5 Å². The molecule has 0 fully saturated rings. The van der Waals surface area contributed by atoms with Crippen LogP contribution in [-0.4, -0.2) is 0 Å². The second kappa shape index (κ2) is 7.09. The van der Waals surface area contributed by atoms with Gasteiger partial charge in [0.25, 0.3) is 0 Å². The summed E-state index contributed by atoms with van der Waals surface area (Å²) in [6.45, 7) is 3.83. The van der Waals surface area contributed by atoms with Crippen molar-refractivity contribution in [3.63, 3.8) is 0 Å². The van der Waals surface area contributed by atoms with Gasteiger partial charge in [0.05, 0.1) is 0 Å². The van der Waals surface area contributed by atoms with Crippen LogP contribution in [0.4, 0.5) is 0 Å². The van der Waals surface area contributed by atoms with Gasteiger partial charge >= 0.3 is 95.6 Å². The molecule has 0 amide bonds. The van der Waals surface area contributed by atoms with Gasteiger partial charge in [-0.05, 0) is 0 Å². The Bertz CT molecular complexity index is 292. The van der Waals surface area contributed by atoms with Crippen molar-refractivity contribution >= 4 is 0 Å². The topological polar surface area (TPSA) is 0 Å². The van der Waals surface area contributed by atoms with E-state index in [0.717, 1.165) is 10.1 Å². The molecule has 0 N–H and O–H groups in total. The van der Waals surface area contributed by atoms with E-state index >= 15 is 0 Å². The summed E-state index contributed by atoms with van der Waals surface area (Å²) in [6.07, 6.45) is 11.2. The minimum Gasteiger partial charge on any atom is -1.00 e. The number of hydrogen-bond acceptors (Lipinski definition) is 0. The van der Waals surface area contributed by atoms with E-state index in [4.69, 9.17) is 0 Å². The van der Waals surface area contributed by atoms with E-state index in [0.29, 0.717) is 0 Å². The summed E-state index contributed by atoms with van der Waals surface area (Å²) in [5.74, 6) is 0. The van der Waals surface area contributed by atoms with Crippen molar-refractivity contribution in [2.75, 3.05) is 0 Å². The Morgan fingerprint density at radius 2 is 2.00 bits per heavy atom. The van der Waals surface area contributed by atoms with Crippen LogP contribution in [-0.2, 0) is 24.4 Å². The molecule has 2 aliphatic carbocycles. The predicted molar refractivity (Wildman–Crippen MR) is 52.1 cm³/mol. The van der Waals surface area contributed by atoms with Crippen LogP contribution in [0.1, 0.15) is 32.1 Å². The predicted octanol–water partition coefficient (Wildman–Crippen LogP) is -2.28. The van der Waals surface area contributed by atoms with Crippen LogP contribution in [0.25, 0.3) is 0 Å². The first-order chi connectivity index (χ1) is 6.33. The molecule has 0 aromatic heterocycles. The summed E-state index contributed by atoms with van der Waals surface area (Å²) in [4.78, 5) is 0. The first-order valence-corrected chi connectivity index (χ1v) is 7.14. The molecule has 0 aromatic carbocycles. The van der Waals surface area contributed by atoms with Gasteiger partial charge in [0, 0.05) is 0 Å². The smallest absolute Gasteiger partial charge is 1.00 e. The van der Waals surface area contributed by atoms with E-state index in [1.807, 2.05) is 0 Å². The Morgan fingerprint density at radius 1 is 1.33 bits per heavy atom. The Balaban J connectivity index is 0.000000980. The van der Waals surface area contributed by atoms with Gasteiger partial charge in [-0.3, -0.25) is 0 Å². The Hall–Kier alpha value is 0.670. The zero-order valence-electron chi connectivity index (χ0n) is 8.73. The summed E-state index contributed by atoms with van der Waals surface area (Å²) in [5, 5.41) is 0. The zero-order valence-corrected chi connectivity index (χ0v) is 13.8.